The second-order valence-electron chi connectivity index (χ2n) is 7.50. The van der Waals surface area contributed by atoms with Crippen molar-refractivity contribution in [2.45, 2.75) is 17.7 Å². The fourth-order valence-corrected chi connectivity index (χ4v) is 4.33. The predicted octanol–water partition coefficient (Wildman–Crippen LogP) is 2.77. The van der Waals surface area contributed by atoms with Crippen LogP contribution in [0.2, 0.25) is 0 Å². The number of rotatable bonds is 7. The zero-order valence-electron chi connectivity index (χ0n) is 18.7. The van der Waals surface area contributed by atoms with Gasteiger partial charge in [0.25, 0.3) is 5.69 Å². The Balaban J connectivity index is 1.98. The smallest absolute Gasteiger partial charge is 0.332 e. The standard InChI is InChI=1S/C22H18F2N4O7S/c1-22(23,24)20-5-3-4-18(27(20)30)21(29)26-17-10-13(16(25)11-19(17)35-2)12-36(33,34)15-8-6-14(7-9-15)28(31)32/h3-12,25H,1-2H3,(H-,26,29,30)/p+1/b13-12-,25-16?. The molecule has 0 fully saturated rings. The van der Waals surface area contributed by atoms with Crippen LogP contribution in [-0.4, -0.2) is 37.3 Å². The fraction of sp³-hybridized carbons (Fsp3) is 0.136. The van der Waals surface area contributed by atoms with E-state index in [4.69, 9.17) is 10.1 Å². The van der Waals surface area contributed by atoms with Crippen molar-refractivity contribution < 1.29 is 41.6 Å². The molecule has 0 bridgehead atoms. The number of alkyl halides is 2. The van der Waals surface area contributed by atoms with Crippen LogP contribution in [0.4, 0.5) is 14.5 Å². The van der Waals surface area contributed by atoms with Gasteiger partial charge in [0.2, 0.25) is 0 Å². The maximum absolute atomic E-state index is 13.7. The second kappa shape index (κ2) is 9.65. The molecule has 0 radical (unpaired) electrons. The van der Waals surface area contributed by atoms with Crippen LogP contribution < -0.4 is 10.0 Å². The molecule has 3 rings (SSSR count). The average molecular weight is 521 g/mol. The molecule has 0 saturated heterocycles. The van der Waals surface area contributed by atoms with E-state index >= 15 is 0 Å². The van der Waals surface area contributed by atoms with E-state index in [0.717, 1.165) is 60.0 Å². The van der Waals surface area contributed by atoms with Crippen LogP contribution in [0.15, 0.2) is 81.9 Å². The van der Waals surface area contributed by atoms with Crippen molar-refractivity contribution in [1.29, 1.82) is 5.41 Å². The Hall–Kier alpha value is -4.46. The Morgan fingerprint density at radius 2 is 1.86 bits per heavy atom. The fourth-order valence-electron chi connectivity index (χ4n) is 3.15. The first-order valence-electron chi connectivity index (χ1n) is 9.96. The van der Waals surface area contributed by atoms with Crippen molar-refractivity contribution in [3.05, 3.63) is 98.6 Å². The zero-order chi connectivity index (χ0) is 26.8. The summed E-state index contributed by atoms with van der Waals surface area (Å²) in [5, 5.41) is 32.1. The summed E-state index contributed by atoms with van der Waals surface area (Å²) in [6, 6.07) is 7.27. The van der Waals surface area contributed by atoms with E-state index in [-0.39, 0.29) is 38.1 Å². The number of amides is 1. The monoisotopic (exact) mass is 521 g/mol. The molecule has 11 nitrogen and oxygen atoms in total. The van der Waals surface area contributed by atoms with Gasteiger partial charge in [-0.2, -0.15) is 8.78 Å². The predicted molar refractivity (Wildman–Crippen MR) is 120 cm³/mol. The van der Waals surface area contributed by atoms with Crippen LogP contribution in [0.1, 0.15) is 23.1 Å². The molecule has 1 aliphatic rings. The highest BCUT2D eigenvalue weighted by molar-refractivity contribution is 7.94. The first kappa shape index (κ1) is 26.2. The van der Waals surface area contributed by atoms with E-state index in [1.165, 1.54) is 7.11 Å². The number of hydrogen-bond acceptors (Lipinski definition) is 8. The number of sulfone groups is 1. The number of halogens is 2. The van der Waals surface area contributed by atoms with E-state index in [1.54, 1.807) is 0 Å². The zero-order valence-corrected chi connectivity index (χ0v) is 19.5. The largest absolute Gasteiger partial charge is 0.494 e. The van der Waals surface area contributed by atoms with Gasteiger partial charge in [0, 0.05) is 53.0 Å². The van der Waals surface area contributed by atoms with Gasteiger partial charge in [-0.3, -0.25) is 20.1 Å². The average Bonchev–Trinajstić information content (AvgIpc) is 2.80. The topological polar surface area (TPSA) is 164 Å². The van der Waals surface area contributed by atoms with Crippen molar-refractivity contribution in [1.82, 2.24) is 5.32 Å². The number of non-ortho nitro benzene ring substituents is 1. The van der Waals surface area contributed by atoms with E-state index in [0.29, 0.717) is 6.92 Å². The molecule has 14 heteroatoms. The SMILES string of the molecule is COC1=CC(=N)/C(=C\S(=O)(=O)c2ccc([N+](=O)[O-])cc2)C=C1NC(=O)c1cccc(C(C)(F)F)[n+]1O. The summed E-state index contributed by atoms with van der Waals surface area (Å²) in [5.41, 5.74) is -2.27. The number of nitrogens with one attached hydrogen (secondary N) is 2. The number of nitro benzene ring substituents is 1. The molecule has 0 aliphatic heterocycles. The van der Waals surface area contributed by atoms with E-state index in [1.807, 2.05) is 0 Å². The summed E-state index contributed by atoms with van der Waals surface area (Å²) in [6.07, 6.45) is 2.23. The lowest BCUT2D eigenvalue weighted by Crippen LogP contribution is -2.47. The van der Waals surface area contributed by atoms with Crippen molar-refractivity contribution >= 4 is 27.1 Å². The van der Waals surface area contributed by atoms with Crippen LogP contribution in [-0.2, 0) is 20.5 Å². The maximum Gasteiger partial charge on any atom is 0.332 e. The van der Waals surface area contributed by atoms with Gasteiger partial charge in [-0.05, 0) is 24.3 Å². The molecule has 1 aromatic carbocycles. The summed E-state index contributed by atoms with van der Waals surface area (Å²) >= 11 is 0. The van der Waals surface area contributed by atoms with Crippen LogP contribution in [0.25, 0.3) is 0 Å². The van der Waals surface area contributed by atoms with Crippen molar-refractivity contribution in [3.8, 4) is 0 Å². The van der Waals surface area contributed by atoms with Gasteiger partial charge in [-0.25, -0.2) is 8.42 Å². The number of carbonyl (C=O) groups is 1. The minimum atomic E-state index is -4.17. The van der Waals surface area contributed by atoms with E-state index in [2.05, 4.69) is 5.32 Å². The lowest BCUT2D eigenvalue weighted by Gasteiger charge is -2.17. The van der Waals surface area contributed by atoms with Gasteiger partial charge in [0.1, 0.15) is 5.76 Å². The third-order valence-electron chi connectivity index (χ3n) is 4.93. The van der Waals surface area contributed by atoms with Crippen molar-refractivity contribution in [2.24, 2.45) is 0 Å². The van der Waals surface area contributed by atoms with Crippen LogP contribution >= 0.6 is 0 Å². The summed E-state index contributed by atoms with van der Waals surface area (Å²) < 4.78 is 58.2. The second-order valence-corrected chi connectivity index (χ2v) is 9.30. The minimum Gasteiger partial charge on any atom is -0.494 e. The molecule has 1 amide bonds. The highest BCUT2D eigenvalue weighted by Crippen LogP contribution is 2.25. The molecule has 188 valence electrons. The number of nitrogens with zero attached hydrogens (tertiary/aromatic N) is 2. The number of benzene rings is 1. The molecular weight excluding hydrogens is 502 g/mol. The Bertz CT molecular complexity index is 1460. The Morgan fingerprint density at radius 3 is 2.42 bits per heavy atom. The summed E-state index contributed by atoms with van der Waals surface area (Å²) in [6.45, 7) is 0.542. The van der Waals surface area contributed by atoms with Gasteiger partial charge in [-0.15, -0.1) is 0 Å². The molecule has 1 heterocycles. The number of allylic oxidation sites excluding steroid dienone is 3. The molecule has 36 heavy (non-hydrogen) atoms. The first-order valence-corrected chi connectivity index (χ1v) is 11.5. The Labute approximate surface area is 203 Å². The van der Waals surface area contributed by atoms with E-state index < -0.39 is 38.0 Å². The third-order valence-corrected chi connectivity index (χ3v) is 6.42. The number of aromatic nitrogens is 1. The van der Waals surface area contributed by atoms with Crippen molar-refractivity contribution in [3.63, 3.8) is 0 Å². The maximum atomic E-state index is 13.7. The lowest BCUT2D eigenvalue weighted by molar-refractivity contribution is -0.914. The molecule has 2 aromatic rings. The molecule has 0 atom stereocenters. The number of nitro groups is 1. The first-order chi connectivity index (χ1) is 16.7. The lowest BCUT2D eigenvalue weighted by atomic mass is 10.0. The molecule has 0 saturated carbocycles. The van der Waals surface area contributed by atoms with Gasteiger partial charge in [-0.1, -0.05) is 0 Å². The van der Waals surface area contributed by atoms with Crippen LogP contribution in [0.5, 0.6) is 0 Å². The molecule has 3 N–H and O–H groups in total. The molecule has 0 unspecified atom stereocenters. The highest BCUT2D eigenvalue weighted by atomic mass is 32.2. The number of ether oxygens (including phenoxy) is 1. The van der Waals surface area contributed by atoms with Gasteiger partial charge >= 0.3 is 23.2 Å². The molecule has 0 spiro atoms. The summed E-state index contributed by atoms with van der Waals surface area (Å²) in [4.78, 5) is 22.6. The Kier molecular flexibility index (Phi) is 7.01. The van der Waals surface area contributed by atoms with Crippen LogP contribution in [0, 0.1) is 15.5 Å². The van der Waals surface area contributed by atoms with Gasteiger partial charge in [0.05, 0.1) is 28.3 Å². The number of methoxy groups -OCH3 is 1. The van der Waals surface area contributed by atoms with Crippen molar-refractivity contribution in [2.75, 3.05) is 7.11 Å². The number of carbonyl (C=O) groups excluding carboxylic acids is 1. The molecule has 1 aromatic heterocycles. The highest BCUT2D eigenvalue weighted by Gasteiger charge is 2.39. The quantitative estimate of drug-likeness (QED) is 0.218. The van der Waals surface area contributed by atoms with E-state index in [9.17, 15) is 37.3 Å². The number of pyridine rings is 1. The minimum absolute atomic E-state index is 0.0345. The summed E-state index contributed by atoms with van der Waals surface area (Å²) in [5.74, 6) is -4.52. The normalized spacial score (nSPS) is 15.2. The summed E-state index contributed by atoms with van der Waals surface area (Å²) in [7, 11) is -2.94. The van der Waals surface area contributed by atoms with Gasteiger partial charge in [0.15, 0.2) is 9.84 Å². The van der Waals surface area contributed by atoms with Gasteiger partial charge < -0.3 is 15.5 Å². The Morgan fingerprint density at radius 1 is 1.22 bits per heavy atom. The number of hydrogen-bond donors (Lipinski definition) is 3. The molecule has 1 aliphatic carbocycles. The third kappa shape index (κ3) is 5.43. The molecular formula is C22H19F2N4O7S+. The van der Waals surface area contributed by atoms with Crippen LogP contribution in [0.3, 0.4) is 0 Å².